The van der Waals surface area contributed by atoms with Crippen molar-refractivity contribution in [3.05, 3.63) is 29.3 Å². The van der Waals surface area contributed by atoms with Crippen LogP contribution in [0.2, 0.25) is 0 Å². The minimum atomic E-state index is 0.417. The molecule has 2 heteroatoms. The molecule has 0 bridgehead atoms. The van der Waals surface area contributed by atoms with Crippen LogP contribution >= 0.6 is 0 Å². The minimum absolute atomic E-state index is 0.417. The third-order valence-corrected chi connectivity index (χ3v) is 3.99. The first-order valence-corrected chi connectivity index (χ1v) is 6.40. The van der Waals surface area contributed by atoms with Crippen LogP contribution in [0.15, 0.2) is 18.2 Å². The number of hydrogen-bond acceptors (Lipinski definition) is 2. The molecule has 16 heavy (non-hydrogen) atoms. The molecule has 3 rings (SSSR count). The number of phenolic OH excluding ortho intramolecular Hbond substituents is 1. The molecule has 1 aliphatic heterocycles. The Balaban J connectivity index is 1.93. The Morgan fingerprint density at radius 2 is 1.94 bits per heavy atom. The fraction of sp³-hybridized carbons (Fsp3) is 0.571. The molecule has 0 radical (unpaired) electrons. The Morgan fingerprint density at radius 3 is 2.75 bits per heavy atom. The summed E-state index contributed by atoms with van der Waals surface area (Å²) >= 11 is 0. The van der Waals surface area contributed by atoms with Crippen LogP contribution in [0, 0.1) is 0 Å². The summed E-state index contributed by atoms with van der Waals surface area (Å²) in [5.74, 6) is 0.417. The summed E-state index contributed by atoms with van der Waals surface area (Å²) in [6.07, 6.45) is 6.39. The standard InChI is InChI=1S/C14H19NO/c16-12-6-7-13-11(10-12)4-3-5-14(13)15-8-1-2-9-15/h6-7,10,14,16H,1-5,8-9H2. The molecule has 2 aliphatic rings. The lowest BCUT2D eigenvalue weighted by Gasteiger charge is -2.33. The Bertz CT molecular complexity index is 382. The van der Waals surface area contributed by atoms with Gasteiger partial charge in [0.1, 0.15) is 5.75 Å². The van der Waals surface area contributed by atoms with Crippen LogP contribution in [0.1, 0.15) is 42.9 Å². The first kappa shape index (κ1) is 10.2. The predicted octanol–water partition coefficient (Wildman–Crippen LogP) is 2.87. The molecule has 0 aromatic heterocycles. The molecule has 0 amide bonds. The number of phenols is 1. The van der Waals surface area contributed by atoms with Crippen molar-refractivity contribution in [1.29, 1.82) is 0 Å². The monoisotopic (exact) mass is 217 g/mol. The van der Waals surface area contributed by atoms with Crippen LogP contribution in [-0.4, -0.2) is 23.1 Å². The fourth-order valence-electron chi connectivity index (χ4n) is 3.21. The van der Waals surface area contributed by atoms with E-state index >= 15 is 0 Å². The average molecular weight is 217 g/mol. The third-order valence-electron chi connectivity index (χ3n) is 3.99. The van der Waals surface area contributed by atoms with E-state index in [9.17, 15) is 5.11 Å². The van der Waals surface area contributed by atoms with Gasteiger partial charge in [-0.05, 0) is 68.5 Å². The maximum Gasteiger partial charge on any atom is 0.115 e. The number of aryl methyl sites for hydroxylation is 1. The van der Waals surface area contributed by atoms with Crippen molar-refractivity contribution < 1.29 is 5.11 Å². The summed E-state index contributed by atoms with van der Waals surface area (Å²) in [5.41, 5.74) is 2.83. The number of nitrogens with zero attached hydrogens (tertiary/aromatic N) is 1. The van der Waals surface area contributed by atoms with E-state index in [0.717, 1.165) is 6.42 Å². The Morgan fingerprint density at radius 1 is 1.12 bits per heavy atom. The van der Waals surface area contributed by atoms with Gasteiger partial charge in [0.15, 0.2) is 0 Å². The SMILES string of the molecule is Oc1ccc2c(c1)CCCC2N1CCCC1. The first-order chi connectivity index (χ1) is 7.84. The van der Waals surface area contributed by atoms with Gasteiger partial charge in [0, 0.05) is 6.04 Å². The molecule has 1 aromatic rings. The molecule has 86 valence electrons. The number of hydrogen-bond donors (Lipinski definition) is 1. The van der Waals surface area contributed by atoms with Crippen molar-refractivity contribution in [2.24, 2.45) is 0 Å². The summed E-state index contributed by atoms with van der Waals surface area (Å²) in [7, 11) is 0. The molecule has 0 saturated carbocycles. The largest absolute Gasteiger partial charge is 0.508 e. The van der Waals surface area contributed by atoms with Crippen LogP contribution < -0.4 is 0 Å². The van der Waals surface area contributed by atoms with Gasteiger partial charge < -0.3 is 5.11 Å². The zero-order chi connectivity index (χ0) is 11.0. The lowest BCUT2D eigenvalue weighted by Crippen LogP contribution is -2.28. The van der Waals surface area contributed by atoms with Crippen LogP contribution in [0.25, 0.3) is 0 Å². The molecule has 1 aromatic carbocycles. The molecular weight excluding hydrogens is 198 g/mol. The van der Waals surface area contributed by atoms with Crippen LogP contribution in [0.5, 0.6) is 5.75 Å². The van der Waals surface area contributed by atoms with Crippen molar-refractivity contribution in [3.8, 4) is 5.75 Å². The van der Waals surface area contributed by atoms with Crippen molar-refractivity contribution in [2.45, 2.75) is 38.1 Å². The van der Waals surface area contributed by atoms with Gasteiger partial charge in [-0.15, -0.1) is 0 Å². The molecule has 1 aliphatic carbocycles. The molecule has 2 nitrogen and oxygen atoms in total. The van der Waals surface area contributed by atoms with Crippen molar-refractivity contribution in [2.75, 3.05) is 13.1 Å². The Kier molecular flexibility index (Phi) is 2.60. The molecule has 1 fully saturated rings. The van der Waals surface area contributed by atoms with E-state index in [1.807, 2.05) is 12.1 Å². The second-order valence-corrected chi connectivity index (χ2v) is 5.03. The minimum Gasteiger partial charge on any atom is -0.508 e. The maximum absolute atomic E-state index is 9.53. The topological polar surface area (TPSA) is 23.5 Å². The summed E-state index contributed by atoms with van der Waals surface area (Å²) in [6, 6.07) is 6.55. The maximum atomic E-state index is 9.53. The lowest BCUT2D eigenvalue weighted by atomic mass is 9.87. The van der Waals surface area contributed by atoms with Crippen molar-refractivity contribution >= 4 is 0 Å². The summed E-state index contributed by atoms with van der Waals surface area (Å²) < 4.78 is 0. The highest BCUT2D eigenvalue weighted by Gasteiger charge is 2.27. The van der Waals surface area contributed by atoms with Crippen molar-refractivity contribution in [3.63, 3.8) is 0 Å². The lowest BCUT2D eigenvalue weighted by molar-refractivity contribution is 0.221. The van der Waals surface area contributed by atoms with Crippen LogP contribution in [0.4, 0.5) is 0 Å². The van der Waals surface area contributed by atoms with Gasteiger partial charge in [-0.25, -0.2) is 0 Å². The first-order valence-electron chi connectivity index (χ1n) is 6.40. The van der Waals surface area contributed by atoms with E-state index in [1.54, 1.807) is 0 Å². The molecule has 0 spiro atoms. The normalized spacial score (nSPS) is 25.6. The van der Waals surface area contributed by atoms with Crippen molar-refractivity contribution in [1.82, 2.24) is 4.90 Å². The second kappa shape index (κ2) is 4.10. The molecular formula is C14H19NO. The van der Waals surface area contributed by atoms with Gasteiger partial charge >= 0.3 is 0 Å². The quantitative estimate of drug-likeness (QED) is 0.782. The van der Waals surface area contributed by atoms with E-state index in [-0.39, 0.29) is 0 Å². The molecule has 1 unspecified atom stereocenters. The molecule has 1 N–H and O–H groups in total. The number of rotatable bonds is 1. The Labute approximate surface area is 96.9 Å². The fourth-order valence-corrected chi connectivity index (χ4v) is 3.21. The highest BCUT2D eigenvalue weighted by molar-refractivity contribution is 5.38. The van der Waals surface area contributed by atoms with Gasteiger partial charge in [-0.3, -0.25) is 4.90 Å². The van der Waals surface area contributed by atoms with Gasteiger partial charge in [0.05, 0.1) is 0 Å². The summed E-state index contributed by atoms with van der Waals surface area (Å²) in [5, 5.41) is 9.53. The third kappa shape index (κ3) is 1.71. The highest BCUT2D eigenvalue weighted by atomic mass is 16.3. The molecule has 1 atom stereocenters. The number of aromatic hydroxyl groups is 1. The summed E-state index contributed by atoms with van der Waals surface area (Å²) in [4.78, 5) is 2.62. The zero-order valence-electron chi connectivity index (χ0n) is 9.65. The number of likely N-dealkylation sites (tertiary alicyclic amines) is 1. The van der Waals surface area contributed by atoms with Gasteiger partial charge in [0.25, 0.3) is 0 Å². The zero-order valence-corrected chi connectivity index (χ0v) is 9.65. The molecule has 1 saturated heterocycles. The van der Waals surface area contributed by atoms with E-state index in [2.05, 4.69) is 11.0 Å². The van der Waals surface area contributed by atoms with E-state index < -0.39 is 0 Å². The predicted molar refractivity (Wildman–Crippen MR) is 64.6 cm³/mol. The average Bonchev–Trinajstić information content (AvgIpc) is 2.81. The van der Waals surface area contributed by atoms with E-state index in [1.165, 1.54) is 49.9 Å². The molecule has 1 heterocycles. The highest BCUT2D eigenvalue weighted by Crippen LogP contribution is 2.37. The summed E-state index contributed by atoms with van der Waals surface area (Å²) in [6.45, 7) is 2.51. The van der Waals surface area contributed by atoms with E-state index in [0.29, 0.717) is 11.8 Å². The smallest absolute Gasteiger partial charge is 0.115 e. The van der Waals surface area contributed by atoms with Gasteiger partial charge in [-0.1, -0.05) is 6.07 Å². The van der Waals surface area contributed by atoms with Crippen LogP contribution in [-0.2, 0) is 6.42 Å². The van der Waals surface area contributed by atoms with Gasteiger partial charge in [-0.2, -0.15) is 0 Å². The van der Waals surface area contributed by atoms with Gasteiger partial charge in [0.2, 0.25) is 0 Å². The van der Waals surface area contributed by atoms with E-state index in [4.69, 9.17) is 0 Å². The number of fused-ring (bicyclic) bond motifs is 1. The second-order valence-electron chi connectivity index (χ2n) is 5.03. The Hall–Kier alpha value is -1.02. The van der Waals surface area contributed by atoms with Crippen LogP contribution in [0.3, 0.4) is 0 Å². The number of benzene rings is 1.